The predicted molar refractivity (Wildman–Crippen MR) is 57.5 cm³/mol. The number of benzene rings is 1. The second-order valence-corrected chi connectivity index (χ2v) is 4.54. The summed E-state index contributed by atoms with van der Waals surface area (Å²) in [4.78, 5) is 0. The molecule has 0 aromatic heterocycles. The molecule has 0 aliphatic heterocycles. The van der Waals surface area contributed by atoms with E-state index in [-0.39, 0.29) is 24.8 Å². The van der Waals surface area contributed by atoms with Crippen molar-refractivity contribution >= 4 is 0 Å². The van der Waals surface area contributed by atoms with Crippen LogP contribution in [0.1, 0.15) is 12.0 Å². The molecule has 1 nitrogen and oxygen atoms in total. The molecule has 1 aliphatic rings. The van der Waals surface area contributed by atoms with Gasteiger partial charge < -0.3 is 24.8 Å². The monoisotopic (exact) mass is 303 g/mol. The quantitative estimate of drug-likeness (QED) is 0.541. The molecule has 0 fully saturated rings. The molecule has 89 valence electrons. The zero-order valence-corrected chi connectivity index (χ0v) is 12.6. The van der Waals surface area contributed by atoms with Gasteiger partial charge in [0.15, 0.2) is 0 Å². The van der Waals surface area contributed by atoms with E-state index in [4.69, 9.17) is 4.74 Å². The van der Waals surface area contributed by atoms with Crippen molar-refractivity contribution in [1.29, 1.82) is 0 Å². The topological polar surface area (TPSA) is 9.23 Å². The molecule has 0 saturated heterocycles. The molecule has 0 atom stereocenters. The fourth-order valence-electron chi connectivity index (χ4n) is 1.77. The predicted octanol–water partition coefficient (Wildman–Crippen LogP) is -2.99. The Balaban J connectivity index is 0.00000128. The third kappa shape index (κ3) is 4.19. The van der Waals surface area contributed by atoms with Crippen LogP contribution in [0.5, 0.6) is 5.75 Å². The summed E-state index contributed by atoms with van der Waals surface area (Å²) in [5.41, 5.74) is 2.69. The molecule has 0 saturated carbocycles. The van der Waals surface area contributed by atoms with Gasteiger partial charge >= 0.3 is 102 Å². The van der Waals surface area contributed by atoms with Gasteiger partial charge in [0.25, 0.3) is 0 Å². The van der Waals surface area contributed by atoms with Gasteiger partial charge in [-0.2, -0.15) is 0 Å². The van der Waals surface area contributed by atoms with Crippen molar-refractivity contribution in [1.82, 2.24) is 0 Å². The zero-order valence-electron chi connectivity index (χ0n) is 9.54. The van der Waals surface area contributed by atoms with Gasteiger partial charge in [0.05, 0.1) is 0 Å². The molecule has 0 heterocycles. The minimum absolute atomic E-state index is 0. The van der Waals surface area contributed by atoms with Gasteiger partial charge in [0, 0.05) is 0 Å². The van der Waals surface area contributed by atoms with Crippen LogP contribution in [0.25, 0.3) is 0 Å². The Morgan fingerprint density at radius 3 is 2.53 bits per heavy atom. The molecule has 17 heavy (non-hydrogen) atoms. The van der Waals surface area contributed by atoms with Crippen molar-refractivity contribution < 1.29 is 50.0 Å². The molecule has 1 aliphatic carbocycles. The van der Waals surface area contributed by atoms with E-state index in [2.05, 4.69) is 44.7 Å². The average Bonchev–Trinajstić information content (AvgIpc) is 2.65. The number of para-hydroxylation sites is 1. The first-order valence-electron chi connectivity index (χ1n) is 5.03. The summed E-state index contributed by atoms with van der Waals surface area (Å²) in [5, 5.41) is 0. The normalized spacial score (nSPS) is 13.1. The molecule has 0 unspecified atom stereocenters. The summed E-state index contributed by atoms with van der Waals surface area (Å²) in [6.45, 7) is 0. The third-order valence-corrected chi connectivity index (χ3v) is 3.42. The van der Waals surface area contributed by atoms with Crippen molar-refractivity contribution in [3.8, 4) is 5.75 Å². The number of rotatable bonds is 3. The van der Waals surface area contributed by atoms with Gasteiger partial charge in [-0.3, -0.25) is 0 Å². The van der Waals surface area contributed by atoms with Gasteiger partial charge in [0.2, 0.25) is 0 Å². The zero-order chi connectivity index (χ0) is 10.7. The van der Waals surface area contributed by atoms with E-state index in [1.807, 2.05) is 12.1 Å². The number of methoxy groups -OCH3 is 1. The molecule has 0 bridgehead atoms. The van der Waals surface area contributed by atoms with Crippen LogP contribution in [-0.2, 0) is 26.9 Å². The first-order valence-corrected chi connectivity index (χ1v) is 5.81. The van der Waals surface area contributed by atoms with Crippen LogP contribution < -0.4 is 29.6 Å². The Hall–Kier alpha value is -0.206. The molecule has 0 N–H and O–H groups in total. The van der Waals surface area contributed by atoms with E-state index >= 15 is 0 Å². The molecular formula is C13H13Cl2OTi. The standard InChI is InChI=1S/C13H13O.2ClH.Ti/c1-14-13-9-5-4-8-12(13)10-11-6-2-3-7-11;;;/h2,4-6,8-9H,3,10H2,1H3;2*1H;/q;;;+2/p-2. The first kappa shape index (κ1) is 16.8. The van der Waals surface area contributed by atoms with E-state index in [1.54, 1.807) is 7.11 Å². The maximum atomic E-state index is 5.34. The van der Waals surface area contributed by atoms with E-state index < -0.39 is 0 Å². The van der Waals surface area contributed by atoms with Crippen LogP contribution in [-0.4, -0.2) is 7.11 Å². The minimum Gasteiger partial charge on any atom is -1.00 e. The summed E-state index contributed by atoms with van der Waals surface area (Å²) in [5.74, 6) is 0.984. The van der Waals surface area contributed by atoms with Crippen LogP contribution in [0, 0.1) is 0 Å². The summed E-state index contributed by atoms with van der Waals surface area (Å²) in [6, 6.07) is 8.22. The van der Waals surface area contributed by atoms with Crippen molar-refractivity contribution in [3.63, 3.8) is 0 Å². The third-order valence-electron chi connectivity index (χ3n) is 2.60. The minimum atomic E-state index is 0. The SMILES string of the molecule is COc1ccccc1CC1=[C]([Ti+2])CC=C1.[Cl-].[Cl-]. The fourth-order valence-corrected chi connectivity index (χ4v) is 2.22. The Bertz CT molecular complexity index is 427. The van der Waals surface area contributed by atoms with Crippen LogP contribution >= 0.6 is 0 Å². The molecule has 4 heteroatoms. The van der Waals surface area contributed by atoms with E-state index in [9.17, 15) is 0 Å². The van der Waals surface area contributed by atoms with Crippen molar-refractivity contribution in [2.45, 2.75) is 12.8 Å². The van der Waals surface area contributed by atoms with Crippen LogP contribution in [0.4, 0.5) is 0 Å². The molecule has 0 radical (unpaired) electrons. The van der Waals surface area contributed by atoms with Crippen molar-refractivity contribution in [2.75, 3.05) is 7.11 Å². The average molecular weight is 304 g/mol. The largest absolute Gasteiger partial charge is 1.00 e. The van der Waals surface area contributed by atoms with E-state index in [0.717, 1.165) is 18.6 Å². The maximum Gasteiger partial charge on any atom is -1.00 e. The Kier molecular flexibility index (Phi) is 7.90. The number of hydrogen-bond acceptors (Lipinski definition) is 1. The van der Waals surface area contributed by atoms with Crippen LogP contribution in [0.3, 0.4) is 0 Å². The fraction of sp³-hybridized carbons (Fsp3) is 0.231. The van der Waals surface area contributed by atoms with Gasteiger partial charge in [-0.05, 0) is 0 Å². The van der Waals surface area contributed by atoms with E-state index in [0.29, 0.717) is 0 Å². The number of ether oxygens (including phenoxy) is 1. The molecular weight excluding hydrogens is 291 g/mol. The first-order chi connectivity index (χ1) is 7.31. The summed E-state index contributed by atoms with van der Waals surface area (Å²) >= 11 is 2.20. The maximum absolute atomic E-state index is 5.34. The Labute approximate surface area is 127 Å². The Morgan fingerprint density at radius 2 is 1.94 bits per heavy atom. The number of allylic oxidation sites excluding steroid dienone is 4. The molecule has 0 amide bonds. The van der Waals surface area contributed by atoms with Gasteiger partial charge in [-0.25, -0.2) is 0 Å². The molecule has 1 aromatic carbocycles. The Morgan fingerprint density at radius 1 is 1.24 bits per heavy atom. The summed E-state index contributed by atoms with van der Waals surface area (Å²) in [7, 11) is 1.73. The molecule has 2 rings (SSSR count). The van der Waals surface area contributed by atoms with Gasteiger partial charge in [-0.1, -0.05) is 0 Å². The van der Waals surface area contributed by atoms with Gasteiger partial charge in [0.1, 0.15) is 0 Å². The van der Waals surface area contributed by atoms with Crippen molar-refractivity contribution in [2.24, 2.45) is 0 Å². The second kappa shape index (κ2) is 7.99. The van der Waals surface area contributed by atoms with E-state index in [1.165, 1.54) is 15.0 Å². The second-order valence-electron chi connectivity index (χ2n) is 3.60. The molecule has 1 aromatic rings. The van der Waals surface area contributed by atoms with Crippen molar-refractivity contribution in [3.05, 3.63) is 51.4 Å². The number of halogens is 2. The smallest absolute Gasteiger partial charge is 1.00 e. The van der Waals surface area contributed by atoms with Crippen LogP contribution in [0.15, 0.2) is 45.9 Å². The van der Waals surface area contributed by atoms with Gasteiger partial charge in [-0.15, -0.1) is 0 Å². The molecule has 0 spiro atoms. The van der Waals surface area contributed by atoms with Crippen LogP contribution in [0.2, 0.25) is 0 Å². The number of hydrogen-bond donors (Lipinski definition) is 0. The summed E-state index contributed by atoms with van der Waals surface area (Å²) < 4.78 is 6.82. The summed E-state index contributed by atoms with van der Waals surface area (Å²) in [6.07, 6.45) is 6.53.